The normalized spacial score (nSPS) is 15.9. The molecule has 0 unspecified atom stereocenters. The first-order chi connectivity index (χ1) is 17.3. The van der Waals surface area contributed by atoms with Gasteiger partial charge in [-0.3, -0.25) is 9.59 Å². The van der Waals surface area contributed by atoms with Crippen LogP contribution in [0.2, 0.25) is 0 Å². The summed E-state index contributed by atoms with van der Waals surface area (Å²) in [4.78, 5) is 32.2. The first-order valence-corrected chi connectivity index (χ1v) is 12.9. The summed E-state index contributed by atoms with van der Waals surface area (Å²) >= 11 is 0. The van der Waals surface area contributed by atoms with Crippen molar-refractivity contribution in [2.45, 2.75) is 53.0 Å². The maximum Gasteiger partial charge on any atom is 0.276 e. The SMILES string of the molecule is CCCc1cc(C(=O)N2CCCN(CC(C)C)CCCN(C(=O)COC)c3ccc(F)cc3C2)no1. The maximum atomic E-state index is 14.4. The number of halogens is 1. The smallest absolute Gasteiger partial charge is 0.276 e. The molecule has 0 saturated heterocycles. The van der Waals surface area contributed by atoms with Gasteiger partial charge in [0.15, 0.2) is 5.69 Å². The molecule has 0 fully saturated rings. The highest BCUT2D eigenvalue weighted by Crippen LogP contribution is 2.26. The highest BCUT2D eigenvalue weighted by atomic mass is 19.1. The van der Waals surface area contributed by atoms with Crippen LogP contribution >= 0.6 is 0 Å². The Bertz CT molecular complexity index is 1010. The first kappa shape index (κ1) is 27.8. The number of hydrogen-bond acceptors (Lipinski definition) is 6. The van der Waals surface area contributed by atoms with E-state index in [2.05, 4.69) is 23.9 Å². The number of ether oxygens (including phenoxy) is 1. The molecule has 2 amide bonds. The highest BCUT2D eigenvalue weighted by molar-refractivity contribution is 5.95. The van der Waals surface area contributed by atoms with Gasteiger partial charge in [0, 0.05) is 51.5 Å². The molecule has 0 bridgehead atoms. The molecule has 0 spiro atoms. The van der Waals surface area contributed by atoms with E-state index in [9.17, 15) is 14.0 Å². The Morgan fingerprint density at radius 3 is 2.58 bits per heavy atom. The molecule has 1 aliphatic rings. The van der Waals surface area contributed by atoms with Crippen LogP contribution in [0.1, 0.15) is 61.8 Å². The predicted octanol–water partition coefficient (Wildman–Crippen LogP) is 4.14. The molecule has 0 N–H and O–H groups in total. The van der Waals surface area contributed by atoms with Gasteiger partial charge in [0.1, 0.15) is 18.2 Å². The Labute approximate surface area is 213 Å². The van der Waals surface area contributed by atoms with Crippen molar-refractivity contribution in [2.75, 3.05) is 51.3 Å². The summed E-state index contributed by atoms with van der Waals surface area (Å²) in [6.07, 6.45) is 3.14. The Kier molecular flexibility index (Phi) is 10.4. The van der Waals surface area contributed by atoms with Crippen LogP contribution in [0.4, 0.5) is 10.1 Å². The van der Waals surface area contributed by atoms with Gasteiger partial charge in [-0.25, -0.2) is 4.39 Å². The van der Waals surface area contributed by atoms with Crippen LogP contribution in [0.5, 0.6) is 0 Å². The molecule has 2 heterocycles. The van der Waals surface area contributed by atoms with E-state index in [1.165, 1.54) is 19.2 Å². The molecule has 0 aliphatic carbocycles. The van der Waals surface area contributed by atoms with Gasteiger partial charge in [0.05, 0.1) is 0 Å². The van der Waals surface area contributed by atoms with E-state index in [1.807, 2.05) is 6.92 Å². The molecule has 0 radical (unpaired) electrons. The molecule has 2 aromatic rings. The van der Waals surface area contributed by atoms with Gasteiger partial charge in [-0.15, -0.1) is 0 Å². The Morgan fingerprint density at radius 1 is 1.14 bits per heavy atom. The molecule has 8 nitrogen and oxygen atoms in total. The summed E-state index contributed by atoms with van der Waals surface area (Å²) in [6, 6.07) is 6.07. The molecule has 1 aliphatic heterocycles. The van der Waals surface area contributed by atoms with Gasteiger partial charge in [-0.05, 0) is 62.0 Å². The number of aryl methyl sites for hydroxylation is 1. The van der Waals surface area contributed by atoms with Gasteiger partial charge in [-0.1, -0.05) is 25.9 Å². The van der Waals surface area contributed by atoms with Crippen LogP contribution in [0.3, 0.4) is 0 Å². The number of aromatic nitrogens is 1. The molecular formula is C27H39FN4O4. The number of nitrogens with zero attached hydrogens (tertiary/aromatic N) is 4. The zero-order valence-electron chi connectivity index (χ0n) is 22.0. The number of carbonyl (C=O) groups excluding carboxylic acids is 2. The van der Waals surface area contributed by atoms with Gasteiger partial charge < -0.3 is 24.0 Å². The largest absolute Gasteiger partial charge is 0.375 e. The summed E-state index contributed by atoms with van der Waals surface area (Å²) in [5.74, 6) is 0.288. The molecule has 3 rings (SSSR count). The second-order valence-corrected chi connectivity index (χ2v) is 9.81. The summed E-state index contributed by atoms with van der Waals surface area (Å²) < 4.78 is 24.8. The molecule has 0 saturated carbocycles. The minimum absolute atomic E-state index is 0.0751. The highest BCUT2D eigenvalue weighted by Gasteiger charge is 2.25. The Hall–Kier alpha value is -2.78. The average molecular weight is 503 g/mol. The van der Waals surface area contributed by atoms with Gasteiger partial charge in [0.25, 0.3) is 11.8 Å². The average Bonchev–Trinajstić information content (AvgIpc) is 3.29. The van der Waals surface area contributed by atoms with E-state index in [0.29, 0.717) is 42.4 Å². The fraction of sp³-hybridized carbons (Fsp3) is 0.593. The number of rotatable bonds is 7. The lowest BCUT2D eigenvalue weighted by atomic mass is 10.1. The summed E-state index contributed by atoms with van der Waals surface area (Å²) in [6.45, 7) is 10.0. The van der Waals surface area contributed by atoms with Crippen LogP contribution in [-0.4, -0.2) is 73.2 Å². The number of methoxy groups -OCH3 is 1. The number of benzene rings is 1. The quantitative estimate of drug-likeness (QED) is 0.566. The van der Waals surface area contributed by atoms with Crippen LogP contribution in [0.25, 0.3) is 0 Å². The van der Waals surface area contributed by atoms with Gasteiger partial charge >= 0.3 is 0 Å². The second-order valence-electron chi connectivity index (χ2n) is 9.81. The van der Waals surface area contributed by atoms with Crippen LogP contribution < -0.4 is 4.90 Å². The molecule has 0 atom stereocenters. The third-order valence-electron chi connectivity index (χ3n) is 6.21. The van der Waals surface area contributed by atoms with Gasteiger partial charge in [-0.2, -0.15) is 0 Å². The van der Waals surface area contributed by atoms with Crippen molar-refractivity contribution in [3.63, 3.8) is 0 Å². The van der Waals surface area contributed by atoms with E-state index in [1.54, 1.807) is 21.9 Å². The lowest BCUT2D eigenvalue weighted by Crippen LogP contribution is -2.40. The molecule has 36 heavy (non-hydrogen) atoms. The number of amides is 2. The molecule has 198 valence electrons. The summed E-state index contributed by atoms with van der Waals surface area (Å²) in [5.41, 5.74) is 1.42. The number of carbonyl (C=O) groups is 2. The van der Waals surface area contributed by atoms with E-state index in [0.717, 1.165) is 38.9 Å². The zero-order valence-corrected chi connectivity index (χ0v) is 22.0. The van der Waals surface area contributed by atoms with E-state index >= 15 is 0 Å². The minimum Gasteiger partial charge on any atom is -0.375 e. The third-order valence-corrected chi connectivity index (χ3v) is 6.21. The van der Waals surface area contributed by atoms with E-state index in [4.69, 9.17) is 9.26 Å². The summed E-state index contributed by atoms with van der Waals surface area (Å²) in [5, 5.41) is 4.00. The maximum absolute atomic E-state index is 14.4. The molecule has 1 aromatic carbocycles. The Morgan fingerprint density at radius 2 is 1.89 bits per heavy atom. The number of fused-ring (bicyclic) bond motifs is 1. The molecule has 9 heteroatoms. The number of hydrogen-bond donors (Lipinski definition) is 0. The standard InChI is InChI=1S/C27H39FN4O4/c1-5-8-23-16-24(29-36-23)27(34)31-13-6-11-30(17-20(2)3)12-7-14-32(26(33)19-35-4)25-10-9-22(28)15-21(25)18-31/h9-10,15-16,20H,5-8,11-14,17-19H2,1-4H3. The first-order valence-electron chi connectivity index (χ1n) is 12.9. The van der Waals surface area contributed by atoms with E-state index in [-0.39, 0.29) is 30.7 Å². The topological polar surface area (TPSA) is 79.1 Å². The predicted molar refractivity (Wildman–Crippen MR) is 136 cm³/mol. The zero-order chi connectivity index (χ0) is 26.1. The Balaban J connectivity index is 1.97. The van der Waals surface area contributed by atoms with Gasteiger partial charge in [0.2, 0.25) is 0 Å². The third kappa shape index (κ3) is 7.61. The minimum atomic E-state index is -0.415. The molecular weight excluding hydrogens is 463 g/mol. The van der Waals surface area contributed by atoms with Crippen molar-refractivity contribution in [3.8, 4) is 0 Å². The fourth-order valence-electron chi connectivity index (χ4n) is 4.67. The monoisotopic (exact) mass is 502 g/mol. The second kappa shape index (κ2) is 13.5. The van der Waals surface area contributed by atoms with Crippen LogP contribution in [0.15, 0.2) is 28.8 Å². The molecule has 1 aromatic heterocycles. The lowest BCUT2D eigenvalue weighted by Gasteiger charge is -2.32. The lowest BCUT2D eigenvalue weighted by molar-refractivity contribution is -0.122. The van der Waals surface area contributed by atoms with Crippen molar-refractivity contribution >= 4 is 17.5 Å². The van der Waals surface area contributed by atoms with Crippen molar-refractivity contribution in [2.24, 2.45) is 5.92 Å². The van der Waals surface area contributed by atoms with Crippen molar-refractivity contribution in [3.05, 3.63) is 47.1 Å². The van der Waals surface area contributed by atoms with Crippen LogP contribution in [0, 0.1) is 11.7 Å². The van der Waals surface area contributed by atoms with Crippen molar-refractivity contribution < 1.29 is 23.2 Å². The van der Waals surface area contributed by atoms with Crippen molar-refractivity contribution in [1.82, 2.24) is 15.0 Å². The number of anilines is 1. The van der Waals surface area contributed by atoms with E-state index < -0.39 is 5.82 Å². The van der Waals surface area contributed by atoms with Crippen molar-refractivity contribution in [1.29, 1.82) is 0 Å². The summed E-state index contributed by atoms with van der Waals surface area (Å²) in [7, 11) is 1.48. The van der Waals surface area contributed by atoms with Crippen LogP contribution in [-0.2, 0) is 22.5 Å². The fourth-order valence-corrected chi connectivity index (χ4v) is 4.67.